The number of aliphatic imine (C=N–C) groups is 1. The van der Waals surface area contributed by atoms with Gasteiger partial charge in [0.25, 0.3) is 0 Å². The molecule has 0 aliphatic carbocycles. The highest BCUT2D eigenvalue weighted by molar-refractivity contribution is 6.23. The summed E-state index contributed by atoms with van der Waals surface area (Å²) in [6.07, 6.45) is 8.10. The predicted molar refractivity (Wildman–Crippen MR) is 74.6 cm³/mol. The summed E-state index contributed by atoms with van der Waals surface area (Å²) >= 11 is 0. The van der Waals surface area contributed by atoms with Crippen molar-refractivity contribution in [2.24, 2.45) is 4.99 Å². The summed E-state index contributed by atoms with van der Waals surface area (Å²) in [5.41, 5.74) is 1.32. The Morgan fingerprint density at radius 2 is 2.11 bits per heavy atom. The van der Waals surface area contributed by atoms with Crippen LogP contribution in [0.4, 0.5) is 0 Å². The number of terminal acetylenes is 1. The average molecular weight is 245 g/mol. The van der Waals surface area contributed by atoms with Crippen molar-refractivity contribution in [3.63, 3.8) is 0 Å². The van der Waals surface area contributed by atoms with Crippen LogP contribution in [0.1, 0.15) is 18.9 Å². The van der Waals surface area contributed by atoms with E-state index in [1.807, 2.05) is 18.2 Å². The van der Waals surface area contributed by atoms with Crippen molar-refractivity contribution in [1.29, 1.82) is 0 Å². The fourth-order valence-corrected chi connectivity index (χ4v) is 1.15. The summed E-state index contributed by atoms with van der Waals surface area (Å²) < 4.78 is 4.49. The molecule has 1 aromatic carbocycles. The van der Waals surface area contributed by atoms with Crippen LogP contribution < -0.4 is 0 Å². The number of ether oxygens (including phenoxy) is 1. The number of benzene rings is 1. The largest absolute Gasteiger partial charge is 0.462 e. The minimum atomic E-state index is -0.380. The van der Waals surface area contributed by atoms with Crippen molar-refractivity contribution in [3.8, 4) is 12.3 Å². The summed E-state index contributed by atoms with van der Waals surface area (Å²) in [6.45, 7) is 2.16. The van der Waals surface area contributed by atoms with E-state index in [-0.39, 0.29) is 5.97 Å². The lowest BCUT2D eigenvalue weighted by Crippen LogP contribution is -2.03. The van der Waals surface area contributed by atoms with Gasteiger partial charge >= 0.3 is 5.97 Å². The number of carbonyl (C=O) groups is 1. The smallest absolute Gasteiger partial charge is 0.348 e. The lowest BCUT2D eigenvalue weighted by molar-refractivity contribution is -0.134. The van der Waals surface area contributed by atoms with Crippen LogP contribution in [0.5, 0.6) is 0 Å². The minimum absolute atomic E-state index is 0.380. The second kappa shape index (κ2) is 11.4. The molecule has 0 N–H and O–H groups in total. The van der Waals surface area contributed by atoms with Crippen molar-refractivity contribution in [2.75, 3.05) is 13.7 Å². The normalized spacial score (nSPS) is 9.17. The Hall–Kier alpha value is -2.08. The zero-order valence-electron chi connectivity index (χ0n) is 10.9. The Balaban J connectivity index is 0.000000331. The van der Waals surface area contributed by atoms with Gasteiger partial charge in [-0.15, -0.1) is 12.3 Å². The van der Waals surface area contributed by atoms with E-state index in [0.29, 0.717) is 6.61 Å². The number of esters is 1. The zero-order chi connectivity index (χ0) is 13.6. The van der Waals surface area contributed by atoms with Gasteiger partial charge in [0.15, 0.2) is 0 Å². The summed E-state index contributed by atoms with van der Waals surface area (Å²) in [6, 6.07) is 10.3. The molecule has 0 spiro atoms. The Bertz CT molecular complexity index is 391. The Morgan fingerprint density at radius 3 is 2.61 bits per heavy atom. The van der Waals surface area contributed by atoms with E-state index in [1.165, 1.54) is 12.6 Å². The monoisotopic (exact) mass is 245 g/mol. The van der Waals surface area contributed by atoms with E-state index >= 15 is 0 Å². The highest BCUT2D eigenvalue weighted by atomic mass is 16.5. The molecule has 0 aliphatic heterocycles. The maximum Gasteiger partial charge on any atom is 0.348 e. The van der Waals surface area contributed by atoms with Gasteiger partial charge in [-0.1, -0.05) is 30.3 Å². The van der Waals surface area contributed by atoms with Crippen LogP contribution in [0.25, 0.3) is 0 Å². The van der Waals surface area contributed by atoms with Crippen LogP contribution in [0.15, 0.2) is 35.3 Å². The molecule has 96 valence electrons. The number of nitrogens with zero attached hydrogens (tertiary/aromatic N) is 1. The van der Waals surface area contributed by atoms with Crippen molar-refractivity contribution >= 4 is 12.2 Å². The topological polar surface area (TPSA) is 38.7 Å². The molecule has 0 radical (unpaired) electrons. The maximum absolute atomic E-state index is 10.3. The van der Waals surface area contributed by atoms with Crippen LogP contribution in [0.2, 0.25) is 0 Å². The number of carbonyl (C=O) groups excluding carboxylic acids is 1. The molecule has 0 fully saturated rings. The lowest BCUT2D eigenvalue weighted by atomic mass is 10.1. The SMILES string of the molecule is C#CCCc1ccccc1.CCOC(=O)C=NC. The van der Waals surface area contributed by atoms with Gasteiger partial charge in [0.05, 0.1) is 6.61 Å². The van der Waals surface area contributed by atoms with Crippen LogP contribution in [0, 0.1) is 12.3 Å². The van der Waals surface area contributed by atoms with Crippen LogP contribution in [-0.2, 0) is 16.0 Å². The van der Waals surface area contributed by atoms with E-state index in [9.17, 15) is 4.79 Å². The molecule has 18 heavy (non-hydrogen) atoms. The molecule has 1 aromatic rings. The van der Waals surface area contributed by atoms with Gasteiger partial charge in [-0.25, -0.2) is 4.79 Å². The van der Waals surface area contributed by atoms with Crippen molar-refractivity contribution in [1.82, 2.24) is 0 Å². The van der Waals surface area contributed by atoms with E-state index in [0.717, 1.165) is 19.1 Å². The highest BCUT2D eigenvalue weighted by Crippen LogP contribution is 2.00. The molecular weight excluding hydrogens is 226 g/mol. The standard InChI is InChI=1S/C10H10.C5H9NO2/c1-2-3-7-10-8-5-4-6-9-10;1-3-8-5(7)4-6-2/h1,4-6,8-9H,3,7H2;4H,3H2,1-2H3. The molecule has 1 rings (SSSR count). The minimum Gasteiger partial charge on any atom is -0.462 e. The number of hydrogen-bond donors (Lipinski definition) is 0. The van der Waals surface area contributed by atoms with Gasteiger partial charge in [0.2, 0.25) is 0 Å². The first kappa shape index (κ1) is 15.9. The number of rotatable bonds is 4. The Kier molecular flexibility index (Phi) is 10.1. The Labute approximate surface area is 109 Å². The fraction of sp³-hybridized carbons (Fsp3) is 0.333. The van der Waals surface area contributed by atoms with Gasteiger partial charge in [-0.05, 0) is 18.9 Å². The van der Waals surface area contributed by atoms with Crippen molar-refractivity contribution < 1.29 is 9.53 Å². The van der Waals surface area contributed by atoms with E-state index < -0.39 is 0 Å². The summed E-state index contributed by atoms with van der Waals surface area (Å²) in [5.74, 6) is 2.24. The van der Waals surface area contributed by atoms with Crippen molar-refractivity contribution in [3.05, 3.63) is 35.9 Å². The second-order valence-electron chi connectivity index (χ2n) is 3.33. The summed E-state index contributed by atoms with van der Waals surface area (Å²) in [7, 11) is 1.52. The molecule has 0 saturated carbocycles. The average Bonchev–Trinajstić information content (AvgIpc) is 2.39. The second-order valence-corrected chi connectivity index (χ2v) is 3.33. The zero-order valence-corrected chi connectivity index (χ0v) is 10.9. The molecule has 0 heterocycles. The molecular formula is C15H19NO2. The van der Waals surface area contributed by atoms with Gasteiger partial charge < -0.3 is 4.74 Å². The molecule has 0 amide bonds. The molecule has 0 aromatic heterocycles. The van der Waals surface area contributed by atoms with Gasteiger partial charge in [0, 0.05) is 13.5 Å². The first-order chi connectivity index (χ1) is 8.74. The first-order valence-electron chi connectivity index (χ1n) is 5.80. The fourth-order valence-electron chi connectivity index (χ4n) is 1.15. The lowest BCUT2D eigenvalue weighted by Gasteiger charge is -1.93. The molecule has 0 aliphatic rings. The number of aryl methyl sites for hydroxylation is 1. The van der Waals surface area contributed by atoms with E-state index in [2.05, 4.69) is 27.8 Å². The van der Waals surface area contributed by atoms with Gasteiger partial charge in [0.1, 0.15) is 6.21 Å². The first-order valence-corrected chi connectivity index (χ1v) is 5.80. The Morgan fingerprint density at radius 1 is 1.44 bits per heavy atom. The third kappa shape index (κ3) is 9.17. The summed E-state index contributed by atoms with van der Waals surface area (Å²) in [4.78, 5) is 13.7. The van der Waals surface area contributed by atoms with Crippen LogP contribution >= 0.6 is 0 Å². The molecule has 0 bridgehead atoms. The number of hydrogen-bond acceptors (Lipinski definition) is 3. The van der Waals surface area contributed by atoms with Crippen molar-refractivity contribution in [2.45, 2.75) is 19.8 Å². The highest BCUT2D eigenvalue weighted by Gasteiger charge is 1.90. The predicted octanol–water partition coefficient (Wildman–Crippen LogP) is 2.50. The van der Waals surface area contributed by atoms with Crippen LogP contribution in [-0.4, -0.2) is 25.8 Å². The third-order valence-electron chi connectivity index (χ3n) is 1.92. The van der Waals surface area contributed by atoms with Gasteiger partial charge in [-0.2, -0.15) is 0 Å². The quantitative estimate of drug-likeness (QED) is 0.464. The van der Waals surface area contributed by atoms with Gasteiger partial charge in [-0.3, -0.25) is 4.99 Å². The van der Waals surface area contributed by atoms with Crippen LogP contribution in [0.3, 0.4) is 0 Å². The third-order valence-corrected chi connectivity index (χ3v) is 1.92. The van der Waals surface area contributed by atoms with E-state index in [1.54, 1.807) is 6.92 Å². The molecule has 0 unspecified atom stereocenters. The van der Waals surface area contributed by atoms with E-state index in [4.69, 9.17) is 6.42 Å². The molecule has 0 saturated heterocycles. The summed E-state index contributed by atoms with van der Waals surface area (Å²) in [5, 5.41) is 0. The maximum atomic E-state index is 10.3. The molecule has 3 heteroatoms. The molecule has 3 nitrogen and oxygen atoms in total. The molecule has 0 atom stereocenters.